The van der Waals surface area contributed by atoms with Gasteiger partial charge in [0.2, 0.25) is 0 Å². The molecular weight excluding hydrogens is 363 g/mol. The highest BCUT2D eigenvalue weighted by atomic mass is 32.2. The molecule has 4 nitrogen and oxygen atoms in total. The maximum Gasteiger partial charge on any atom is 0.274 e. The zero-order valence-corrected chi connectivity index (χ0v) is 15.2. The van der Waals surface area contributed by atoms with Crippen molar-refractivity contribution in [2.45, 2.75) is 9.79 Å². The van der Waals surface area contributed by atoms with Gasteiger partial charge in [0.1, 0.15) is 5.82 Å². The second kappa shape index (κ2) is 7.34. The molecule has 6 heteroatoms. The molecule has 0 aromatic heterocycles. The van der Waals surface area contributed by atoms with E-state index in [0.29, 0.717) is 11.3 Å². The summed E-state index contributed by atoms with van der Waals surface area (Å²) in [6.45, 7) is 0. The lowest BCUT2D eigenvalue weighted by Gasteiger charge is -2.08. The molecule has 0 aliphatic carbocycles. The topological polar surface area (TPSA) is 50.7 Å². The van der Waals surface area contributed by atoms with Crippen LogP contribution in [0.3, 0.4) is 0 Å². The summed E-state index contributed by atoms with van der Waals surface area (Å²) in [5.41, 5.74) is 5.96. The van der Waals surface area contributed by atoms with Crippen LogP contribution in [0, 0.1) is 5.82 Å². The lowest BCUT2D eigenvalue weighted by atomic mass is 10.0. The van der Waals surface area contributed by atoms with Crippen LogP contribution >= 0.6 is 11.8 Å². The van der Waals surface area contributed by atoms with Gasteiger partial charge in [0.05, 0.1) is 18.5 Å². The molecule has 3 aromatic carbocycles. The molecule has 0 unspecified atom stereocenters. The van der Waals surface area contributed by atoms with Crippen LogP contribution in [0.25, 0.3) is 0 Å². The molecule has 134 valence electrons. The van der Waals surface area contributed by atoms with Crippen molar-refractivity contribution in [1.82, 2.24) is 5.48 Å². The number of amides is 1. The lowest BCUT2D eigenvalue weighted by Crippen LogP contribution is -2.21. The maximum absolute atomic E-state index is 13.4. The molecule has 3 aromatic rings. The maximum atomic E-state index is 13.4. The van der Waals surface area contributed by atoms with E-state index < -0.39 is 0 Å². The third-order valence-electron chi connectivity index (χ3n) is 4.13. The molecule has 1 aliphatic rings. The standard InChI is InChI=1S/C21H15FN2O2S/c1-26-24-21(25)14-8-11-19-17(12-14)23-20(13-6-9-15(22)10-7-13)16-4-2-3-5-18(16)27-19/h2-12H,1H3,(H,24,25). The number of rotatable bonds is 3. The Labute approximate surface area is 160 Å². The Kier molecular flexibility index (Phi) is 4.75. The molecule has 1 amide bonds. The number of hydrogen-bond acceptors (Lipinski definition) is 4. The third-order valence-corrected chi connectivity index (χ3v) is 5.27. The summed E-state index contributed by atoms with van der Waals surface area (Å²) in [6, 6.07) is 19.5. The zero-order valence-electron chi connectivity index (χ0n) is 14.4. The van der Waals surface area contributed by atoms with Crippen molar-refractivity contribution < 1.29 is 14.0 Å². The Balaban J connectivity index is 1.89. The zero-order chi connectivity index (χ0) is 18.8. The van der Waals surface area contributed by atoms with Crippen molar-refractivity contribution in [3.8, 4) is 0 Å². The van der Waals surface area contributed by atoms with E-state index in [-0.39, 0.29) is 11.7 Å². The van der Waals surface area contributed by atoms with Gasteiger partial charge in [0.15, 0.2) is 0 Å². The number of hydroxylamine groups is 1. The van der Waals surface area contributed by atoms with Gasteiger partial charge in [-0.15, -0.1) is 0 Å². The number of hydrogen-bond donors (Lipinski definition) is 1. The van der Waals surface area contributed by atoms with Crippen molar-refractivity contribution in [1.29, 1.82) is 0 Å². The first kappa shape index (κ1) is 17.5. The van der Waals surface area contributed by atoms with Crippen LogP contribution in [0.1, 0.15) is 21.5 Å². The van der Waals surface area contributed by atoms with E-state index in [2.05, 4.69) is 5.48 Å². The van der Waals surface area contributed by atoms with E-state index in [4.69, 9.17) is 9.83 Å². The molecule has 1 heterocycles. The van der Waals surface area contributed by atoms with Crippen molar-refractivity contribution in [3.63, 3.8) is 0 Å². The Morgan fingerprint density at radius 2 is 1.81 bits per heavy atom. The molecule has 0 fully saturated rings. The summed E-state index contributed by atoms with van der Waals surface area (Å²) >= 11 is 1.59. The van der Waals surface area contributed by atoms with Crippen molar-refractivity contribution in [2.75, 3.05) is 7.11 Å². The monoisotopic (exact) mass is 378 g/mol. The second-order valence-corrected chi connectivity index (χ2v) is 6.97. The third kappa shape index (κ3) is 3.49. The van der Waals surface area contributed by atoms with Crippen LogP contribution in [0.4, 0.5) is 10.1 Å². The highest BCUT2D eigenvalue weighted by Crippen LogP contribution is 2.41. The fourth-order valence-electron chi connectivity index (χ4n) is 2.86. The Morgan fingerprint density at radius 3 is 2.59 bits per heavy atom. The molecule has 0 atom stereocenters. The van der Waals surface area contributed by atoms with Gasteiger partial charge >= 0.3 is 0 Å². The van der Waals surface area contributed by atoms with Crippen molar-refractivity contribution in [2.24, 2.45) is 4.99 Å². The molecule has 0 bridgehead atoms. The van der Waals surface area contributed by atoms with Gasteiger partial charge in [0, 0.05) is 26.5 Å². The minimum absolute atomic E-state index is 0.297. The summed E-state index contributed by atoms with van der Waals surface area (Å²) < 4.78 is 13.4. The number of carbonyl (C=O) groups is 1. The van der Waals surface area contributed by atoms with Crippen LogP contribution in [0.2, 0.25) is 0 Å². The predicted octanol–water partition coefficient (Wildman–Crippen LogP) is 4.75. The second-order valence-electron chi connectivity index (χ2n) is 5.88. The number of aliphatic imine (C=N–C) groups is 1. The summed E-state index contributed by atoms with van der Waals surface area (Å²) in [7, 11) is 1.39. The molecule has 0 spiro atoms. The minimum atomic E-state index is -0.342. The highest BCUT2D eigenvalue weighted by Gasteiger charge is 2.20. The largest absolute Gasteiger partial charge is 0.277 e. The summed E-state index contributed by atoms with van der Waals surface area (Å²) in [4.78, 5) is 23.6. The molecule has 27 heavy (non-hydrogen) atoms. The summed E-state index contributed by atoms with van der Waals surface area (Å²) in [5.74, 6) is -0.639. The average molecular weight is 378 g/mol. The van der Waals surface area contributed by atoms with Crippen LogP contribution in [0.15, 0.2) is 81.5 Å². The van der Waals surface area contributed by atoms with Gasteiger partial charge in [-0.25, -0.2) is 14.9 Å². The van der Waals surface area contributed by atoms with E-state index in [9.17, 15) is 9.18 Å². The van der Waals surface area contributed by atoms with Gasteiger partial charge in [-0.2, -0.15) is 0 Å². The molecule has 1 N–H and O–H groups in total. The van der Waals surface area contributed by atoms with E-state index in [1.54, 1.807) is 36.0 Å². The van der Waals surface area contributed by atoms with E-state index in [0.717, 1.165) is 26.6 Å². The van der Waals surface area contributed by atoms with Gasteiger partial charge in [-0.05, 0) is 48.5 Å². The van der Waals surface area contributed by atoms with Crippen molar-refractivity contribution in [3.05, 3.63) is 89.2 Å². The Morgan fingerprint density at radius 1 is 1.04 bits per heavy atom. The first-order chi connectivity index (χ1) is 13.2. The van der Waals surface area contributed by atoms with E-state index in [1.807, 2.05) is 30.3 Å². The first-order valence-corrected chi connectivity index (χ1v) is 9.06. The molecule has 4 rings (SSSR count). The fraction of sp³-hybridized carbons (Fsp3) is 0.0476. The molecule has 0 saturated heterocycles. The number of halogens is 1. The SMILES string of the molecule is CONC(=O)c1ccc2c(c1)N=C(c1ccc(F)cc1)c1ccccc1S2. The highest BCUT2D eigenvalue weighted by molar-refractivity contribution is 7.99. The van der Waals surface area contributed by atoms with Crippen LogP contribution in [-0.4, -0.2) is 18.7 Å². The van der Waals surface area contributed by atoms with Crippen molar-refractivity contribution >= 4 is 29.1 Å². The number of benzene rings is 3. The normalized spacial score (nSPS) is 12.4. The number of nitrogens with zero attached hydrogens (tertiary/aromatic N) is 1. The smallest absolute Gasteiger partial charge is 0.274 e. The molecule has 0 saturated carbocycles. The average Bonchev–Trinajstić information content (AvgIpc) is 2.85. The molecular formula is C21H15FN2O2S. The summed E-state index contributed by atoms with van der Waals surface area (Å²) in [6.07, 6.45) is 0. The first-order valence-electron chi connectivity index (χ1n) is 8.25. The van der Waals surface area contributed by atoms with Gasteiger partial charge in [0.25, 0.3) is 5.91 Å². The van der Waals surface area contributed by atoms with Gasteiger partial charge in [-0.3, -0.25) is 9.63 Å². The number of carbonyl (C=O) groups excluding carboxylic acids is 1. The van der Waals surface area contributed by atoms with Gasteiger partial charge in [-0.1, -0.05) is 30.0 Å². The number of nitrogens with one attached hydrogen (secondary N) is 1. The lowest BCUT2D eigenvalue weighted by molar-refractivity contribution is 0.0537. The Hall–Kier alpha value is -2.96. The number of fused-ring (bicyclic) bond motifs is 2. The quantitative estimate of drug-likeness (QED) is 0.524. The predicted molar refractivity (Wildman–Crippen MR) is 103 cm³/mol. The van der Waals surface area contributed by atoms with Crippen LogP contribution in [0.5, 0.6) is 0 Å². The van der Waals surface area contributed by atoms with Gasteiger partial charge < -0.3 is 0 Å². The molecule has 0 radical (unpaired) electrons. The summed E-state index contributed by atoms with van der Waals surface area (Å²) in [5, 5.41) is 0. The minimum Gasteiger partial charge on any atom is -0.277 e. The van der Waals surface area contributed by atoms with E-state index in [1.165, 1.54) is 19.2 Å². The Bertz CT molecular complexity index is 1050. The molecule has 1 aliphatic heterocycles. The van der Waals surface area contributed by atoms with E-state index >= 15 is 0 Å². The van der Waals surface area contributed by atoms with Crippen LogP contribution < -0.4 is 5.48 Å². The fourth-order valence-corrected chi connectivity index (χ4v) is 3.87. The van der Waals surface area contributed by atoms with Crippen LogP contribution in [-0.2, 0) is 4.84 Å².